The van der Waals surface area contributed by atoms with Gasteiger partial charge in [0.15, 0.2) is 0 Å². The summed E-state index contributed by atoms with van der Waals surface area (Å²) in [4.78, 5) is 42.8. The molecule has 6 heteroatoms. The molecule has 0 bridgehead atoms. The van der Waals surface area contributed by atoms with Gasteiger partial charge in [0.25, 0.3) is 5.91 Å². The molecule has 0 radical (unpaired) electrons. The lowest BCUT2D eigenvalue weighted by molar-refractivity contribution is -0.140. The fourth-order valence-electron chi connectivity index (χ4n) is 4.74. The summed E-state index contributed by atoms with van der Waals surface area (Å²) in [5.74, 6) is 0.0657. The Morgan fingerprint density at radius 2 is 1.69 bits per heavy atom. The highest BCUT2D eigenvalue weighted by atomic mass is 16.2. The van der Waals surface area contributed by atoms with E-state index in [0.29, 0.717) is 37.5 Å². The molecule has 4 rings (SSSR count). The molecule has 3 aromatic carbocycles. The Morgan fingerprint density at radius 1 is 0.972 bits per heavy atom. The molecule has 0 aromatic heterocycles. The van der Waals surface area contributed by atoms with Crippen LogP contribution in [0.4, 0.5) is 5.69 Å². The zero-order chi connectivity index (χ0) is 25.8. The van der Waals surface area contributed by atoms with Crippen molar-refractivity contribution in [3.8, 4) is 0 Å². The molecule has 1 atom stereocenters. The fraction of sp³-hybridized carbons (Fsp3) is 0.367. The van der Waals surface area contributed by atoms with Gasteiger partial charge < -0.3 is 15.1 Å². The molecule has 3 amide bonds. The first-order valence-electron chi connectivity index (χ1n) is 12.7. The van der Waals surface area contributed by atoms with Crippen LogP contribution in [0.25, 0.3) is 10.8 Å². The molecule has 0 unspecified atom stereocenters. The van der Waals surface area contributed by atoms with Gasteiger partial charge in [-0.25, -0.2) is 0 Å². The summed E-state index contributed by atoms with van der Waals surface area (Å²) in [6.45, 7) is 9.27. The van der Waals surface area contributed by atoms with Gasteiger partial charge in [-0.1, -0.05) is 62.4 Å². The highest BCUT2D eigenvalue weighted by Crippen LogP contribution is 2.37. The van der Waals surface area contributed by atoms with Crippen molar-refractivity contribution in [1.29, 1.82) is 0 Å². The van der Waals surface area contributed by atoms with Crippen LogP contribution in [-0.4, -0.2) is 41.8 Å². The normalized spacial score (nSPS) is 13.4. The highest BCUT2D eigenvalue weighted by molar-refractivity contribution is 6.25. The van der Waals surface area contributed by atoms with Gasteiger partial charge in [0.2, 0.25) is 11.8 Å². The Labute approximate surface area is 213 Å². The predicted molar refractivity (Wildman–Crippen MR) is 144 cm³/mol. The Balaban J connectivity index is 1.46. The van der Waals surface area contributed by atoms with Crippen molar-refractivity contribution in [3.05, 3.63) is 77.4 Å². The van der Waals surface area contributed by atoms with Crippen molar-refractivity contribution < 1.29 is 14.4 Å². The van der Waals surface area contributed by atoms with Crippen molar-refractivity contribution >= 4 is 34.2 Å². The van der Waals surface area contributed by atoms with Gasteiger partial charge >= 0.3 is 0 Å². The van der Waals surface area contributed by atoms with E-state index in [4.69, 9.17) is 0 Å². The zero-order valence-corrected chi connectivity index (χ0v) is 21.6. The molecule has 1 heterocycles. The molecule has 1 N–H and O–H groups in total. The molecule has 0 saturated carbocycles. The van der Waals surface area contributed by atoms with Gasteiger partial charge in [0.05, 0.1) is 5.69 Å². The SMILES string of the molecule is Cc1ccccc1CN(C(=O)CCCN1C(=O)c2cccc3cccc1c23)[C@@H](C)C(=O)NCC(C)C. The van der Waals surface area contributed by atoms with Gasteiger partial charge in [-0.15, -0.1) is 0 Å². The summed E-state index contributed by atoms with van der Waals surface area (Å²) >= 11 is 0. The maximum atomic E-state index is 13.4. The number of aryl methyl sites for hydroxylation is 1. The minimum atomic E-state index is -0.595. The van der Waals surface area contributed by atoms with Crippen LogP contribution < -0.4 is 10.2 Å². The molecule has 1 aliphatic rings. The summed E-state index contributed by atoms with van der Waals surface area (Å²) in [6, 6.07) is 19.0. The van der Waals surface area contributed by atoms with Crippen LogP contribution in [-0.2, 0) is 16.1 Å². The van der Waals surface area contributed by atoms with Crippen molar-refractivity contribution in [2.24, 2.45) is 5.92 Å². The number of hydrogen-bond donors (Lipinski definition) is 1. The predicted octanol–water partition coefficient (Wildman–Crippen LogP) is 5.08. The number of hydrogen-bond acceptors (Lipinski definition) is 3. The third-order valence-electron chi connectivity index (χ3n) is 6.88. The summed E-state index contributed by atoms with van der Waals surface area (Å²) in [6.07, 6.45) is 0.767. The van der Waals surface area contributed by atoms with Crippen molar-refractivity contribution in [2.45, 2.75) is 53.1 Å². The Hall–Kier alpha value is -3.67. The van der Waals surface area contributed by atoms with Gasteiger partial charge in [-0.2, -0.15) is 0 Å². The van der Waals surface area contributed by atoms with Gasteiger partial charge in [-0.3, -0.25) is 14.4 Å². The van der Waals surface area contributed by atoms with Crippen molar-refractivity contribution in [2.75, 3.05) is 18.0 Å². The number of rotatable bonds is 10. The molecule has 188 valence electrons. The maximum absolute atomic E-state index is 13.4. The number of amides is 3. The quantitative estimate of drug-likeness (QED) is 0.436. The lowest BCUT2D eigenvalue weighted by Gasteiger charge is -2.30. The van der Waals surface area contributed by atoms with Crippen LogP contribution in [0.2, 0.25) is 0 Å². The molecular formula is C30H35N3O3. The van der Waals surface area contributed by atoms with E-state index in [1.54, 1.807) is 16.7 Å². The van der Waals surface area contributed by atoms with Crippen LogP contribution in [0.5, 0.6) is 0 Å². The molecule has 0 spiro atoms. The molecule has 3 aromatic rings. The van der Waals surface area contributed by atoms with E-state index in [2.05, 4.69) is 5.32 Å². The summed E-state index contributed by atoms with van der Waals surface area (Å²) in [7, 11) is 0. The van der Waals surface area contributed by atoms with E-state index in [1.165, 1.54) is 0 Å². The first-order valence-corrected chi connectivity index (χ1v) is 12.7. The van der Waals surface area contributed by atoms with Crippen LogP contribution in [0.3, 0.4) is 0 Å². The maximum Gasteiger partial charge on any atom is 0.258 e. The van der Waals surface area contributed by atoms with Gasteiger partial charge in [0, 0.05) is 37.0 Å². The van der Waals surface area contributed by atoms with Crippen LogP contribution >= 0.6 is 0 Å². The van der Waals surface area contributed by atoms with Gasteiger partial charge in [0.1, 0.15) is 6.04 Å². The third-order valence-corrected chi connectivity index (χ3v) is 6.88. The Morgan fingerprint density at radius 3 is 2.42 bits per heavy atom. The molecule has 0 saturated heterocycles. The minimum Gasteiger partial charge on any atom is -0.354 e. The monoisotopic (exact) mass is 485 g/mol. The van der Waals surface area contributed by atoms with E-state index < -0.39 is 6.04 Å². The third kappa shape index (κ3) is 5.27. The number of anilines is 1. The fourth-order valence-corrected chi connectivity index (χ4v) is 4.74. The van der Waals surface area contributed by atoms with Crippen molar-refractivity contribution in [3.63, 3.8) is 0 Å². The Kier molecular flexibility index (Phi) is 7.73. The topological polar surface area (TPSA) is 69.7 Å². The second-order valence-corrected chi connectivity index (χ2v) is 10.0. The van der Waals surface area contributed by atoms with E-state index >= 15 is 0 Å². The number of nitrogens with zero attached hydrogens (tertiary/aromatic N) is 2. The average molecular weight is 486 g/mol. The number of benzene rings is 3. The van der Waals surface area contributed by atoms with Crippen LogP contribution in [0.1, 0.15) is 55.1 Å². The summed E-state index contributed by atoms with van der Waals surface area (Å²) < 4.78 is 0. The molecule has 6 nitrogen and oxygen atoms in total. The molecule has 0 aliphatic carbocycles. The molecule has 1 aliphatic heterocycles. The van der Waals surface area contributed by atoms with E-state index in [9.17, 15) is 14.4 Å². The second-order valence-electron chi connectivity index (χ2n) is 10.0. The lowest BCUT2D eigenvalue weighted by Crippen LogP contribution is -2.48. The lowest BCUT2D eigenvalue weighted by atomic mass is 10.1. The summed E-state index contributed by atoms with van der Waals surface area (Å²) in [5.41, 5.74) is 3.72. The molecular weight excluding hydrogens is 450 g/mol. The summed E-state index contributed by atoms with van der Waals surface area (Å²) in [5, 5.41) is 4.98. The molecule has 0 fully saturated rings. The first-order chi connectivity index (χ1) is 17.3. The van der Waals surface area contributed by atoms with Crippen LogP contribution in [0, 0.1) is 12.8 Å². The second kappa shape index (κ2) is 10.9. The Bertz CT molecular complexity index is 1280. The number of carbonyl (C=O) groups excluding carboxylic acids is 3. The van der Waals surface area contributed by atoms with E-state index in [-0.39, 0.29) is 24.1 Å². The van der Waals surface area contributed by atoms with Gasteiger partial charge in [-0.05, 0) is 54.8 Å². The standard InChI is InChI=1S/C30H35N3O3/c1-20(2)18-31-29(35)22(4)33(19-24-11-6-5-10-21(24)3)27(34)16-9-17-32-26-15-8-13-23-12-7-14-25(28(23)26)30(32)36/h5-8,10-15,20,22H,9,16-19H2,1-4H3,(H,31,35)/t22-/m0/s1. The van der Waals surface area contributed by atoms with E-state index in [0.717, 1.165) is 27.6 Å². The largest absolute Gasteiger partial charge is 0.354 e. The highest BCUT2D eigenvalue weighted by Gasteiger charge is 2.30. The average Bonchev–Trinajstić information content (AvgIpc) is 3.14. The number of carbonyl (C=O) groups is 3. The van der Waals surface area contributed by atoms with E-state index in [1.807, 2.05) is 81.4 Å². The van der Waals surface area contributed by atoms with Crippen molar-refractivity contribution in [1.82, 2.24) is 10.2 Å². The smallest absolute Gasteiger partial charge is 0.258 e. The number of nitrogens with one attached hydrogen (secondary N) is 1. The first kappa shape index (κ1) is 25.4. The minimum absolute atomic E-state index is 0.0209. The van der Waals surface area contributed by atoms with Crippen LogP contribution in [0.15, 0.2) is 60.7 Å². The molecule has 36 heavy (non-hydrogen) atoms. The zero-order valence-electron chi connectivity index (χ0n) is 21.6.